The van der Waals surface area contributed by atoms with Gasteiger partial charge in [-0.15, -0.1) is 0 Å². The molecule has 0 aliphatic heterocycles. The zero-order valence-electron chi connectivity index (χ0n) is 5.58. The molecule has 1 heterocycles. The Bertz CT molecular complexity index is 225. The second-order valence-corrected chi connectivity index (χ2v) is 2.39. The van der Waals surface area contributed by atoms with Crippen LogP contribution >= 0.6 is 0 Å². The molecule has 1 aromatic rings. The minimum absolute atomic E-state index is 0.492. The van der Waals surface area contributed by atoms with Crippen molar-refractivity contribution in [1.29, 1.82) is 0 Å². The van der Waals surface area contributed by atoms with Gasteiger partial charge >= 0.3 is 0 Å². The van der Waals surface area contributed by atoms with Crippen LogP contribution in [0.3, 0.4) is 0 Å². The van der Waals surface area contributed by atoms with Crippen LogP contribution in [-0.4, -0.2) is 6.04 Å². The van der Waals surface area contributed by atoms with Crippen LogP contribution in [0.25, 0.3) is 0 Å². The standard InChI is InChI=1S/C8H9NO/c1-3-7(4-1)9-8-5-2-6-10-8/h1-3,5-7,9H,4H2. The van der Waals surface area contributed by atoms with Crippen molar-refractivity contribution in [1.82, 2.24) is 0 Å². The summed E-state index contributed by atoms with van der Waals surface area (Å²) in [6.45, 7) is 0. The van der Waals surface area contributed by atoms with Crippen molar-refractivity contribution in [3.8, 4) is 0 Å². The summed E-state index contributed by atoms with van der Waals surface area (Å²) in [6.07, 6.45) is 7.05. The van der Waals surface area contributed by atoms with Crippen LogP contribution in [0.15, 0.2) is 35.0 Å². The Hall–Kier alpha value is -1.18. The van der Waals surface area contributed by atoms with Crippen LogP contribution in [0, 0.1) is 0 Å². The van der Waals surface area contributed by atoms with Gasteiger partial charge in [0.25, 0.3) is 0 Å². The van der Waals surface area contributed by atoms with Gasteiger partial charge in [0.2, 0.25) is 0 Å². The van der Waals surface area contributed by atoms with Gasteiger partial charge in [-0.25, -0.2) is 0 Å². The molecule has 0 aromatic carbocycles. The van der Waals surface area contributed by atoms with Crippen molar-refractivity contribution >= 4 is 5.88 Å². The monoisotopic (exact) mass is 135 g/mol. The van der Waals surface area contributed by atoms with E-state index < -0.39 is 0 Å². The topological polar surface area (TPSA) is 25.2 Å². The maximum atomic E-state index is 5.09. The fraction of sp³-hybridized carbons (Fsp3) is 0.250. The summed E-state index contributed by atoms with van der Waals surface area (Å²) < 4.78 is 5.09. The Labute approximate surface area is 59.5 Å². The Morgan fingerprint density at radius 1 is 1.60 bits per heavy atom. The molecule has 2 heteroatoms. The Balaban J connectivity index is 1.97. The largest absolute Gasteiger partial charge is 0.449 e. The third-order valence-corrected chi connectivity index (χ3v) is 1.61. The van der Waals surface area contributed by atoms with Crippen molar-refractivity contribution in [2.75, 3.05) is 5.32 Å². The third kappa shape index (κ3) is 0.923. The normalized spacial score (nSPS) is 22.2. The molecule has 0 amide bonds. The van der Waals surface area contributed by atoms with Gasteiger partial charge < -0.3 is 9.73 Å². The van der Waals surface area contributed by atoms with Gasteiger partial charge in [0.1, 0.15) is 0 Å². The molecule has 0 bridgehead atoms. The van der Waals surface area contributed by atoms with E-state index in [4.69, 9.17) is 4.42 Å². The van der Waals surface area contributed by atoms with E-state index in [2.05, 4.69) is 17.5 Å². The van der Waals surface area contributed by atoms with Gasteiger partial charge in [0, 0.05) is 6.07 Å². The predicted octanol–water partition coefficient (Wildman–Crippen LogP) is 2.02. The van der Waals surface area contributed by atoms with E-state index in [9.17, 15) is 0 Å². The van der Waals surface area contributed by atoms with E-state index in [-0.39, 0.29) is 0 Å². The Morgan fingerprint density at radius 3 is 3.00 bits per heavy atom. The third-order valence-electron chi connectivity index (χ3n) is 1.61. The van der Waals surface area contributed by atoms with Crippen molar-refractivity contribution in [2.45, 2.75) is 12.5 Å². The second-order valence-electron chi connectivity index (χ2n) is 2.39. The van der Waals surface area contributed by atoms with Crippen molar-refractivity contribution in [3.05, 3.63) is 30.5 Å². The summed E-state index contributed by atoms with van der Waals surface area (Å²) in [5.74, 6) is 0.856. The van der Waals surface area contributed by atoms with Crippen molar-refractivity contribution < 1.29 is 4.42 Å². The van der Waals surface area contributed by atoms with Crippen LogP contribution in [-0.2, 0) is 0 Å². The second kappa shape index (κ2) is 2.21. The molecular formula is C8H9NO. The number of hydrogen-bond acceptors (Lipinski definition) is 2. The number of hydrogen-bond donors (Lipinski definition) is 1. The summed E-state index contributed by atoms with van der Waals surface area (Å²) in [5, 5.41) is 3.20. The summed E-state index contributed by atoms with van der Waals surface area (Å²) in [5.41, 5.74) is 0. The van der Waals surface area contributed by atoms with Crippen molar-refractivity contribution in [2.24, 2.45) is 0 Å². The van der Waals surface area contributed by atoms with Crippen LogP contribution in [0.4, 0.5) is 5.88 Å². The van der Waals surface area contributed by atoms with E-state index in [1.807, 2.05) is 12.1 Å². The van der Waals surface area contributed by atoms with Crippen LogP contribution in [0.1, 0.15) is 6.42 Å². The molecule has 2 nitrogen and oxygen atoms in total. The maximum absolute atomic E-state index is 5.09. The quantitative estimate of drug-likeness (QED) is 0.627. The first-order chi connectivity index (χ1) is 4.95. The highest BCUT2D eigenvalue weighted by molar-refractivity contribution is 5.35. The maximum Gasteiger partial charge on any atom is 0.193 e. The van der Waals surface area contributed by atoms with E-state index in [1.165, 1.54) is 0 Å². The first-order valence-electron chi connectivity index (χ1n) is 3.42. The lowest BCUT2D eigenvalue weighted by Crippen LogP contribution is -2.20. The summed E-state index contributed by atoms with van der Waals surface area (Å²) in [6, 6.07) is 4.29. The molecule has 0 saturated heterocycles. The average Bonchev–Trinajstić information content (AvgIpc) is 2.29. The summed E-state index contributed by atoms with van der Waals surface area (Å²) in [7, 11) is 0. The SMILES string of the molecule is C1=CC(Nc2ccco2)C1. The van der Waals surface area contributed by atoms with Gasteiger partial charge in [-0.3, -0.25) is 0 Å². The molecule has 0 spiro atoms. The number of anilines is 1. The molecule has 1 aliphatic rings. The lowest BCUT2D eigenvalue weighted by atomic mass is 10.1. The zero-order chi connectivity index (χ0) is 6.81. The zero-order valence-corrected chi connectivity index (χ0v) is 5.58. The minimum atomic E-state index is 0.492. The molecule has 1 atom stereocenters. The molecule has 10 heavy (non-hydrogen) atoms. The van der Waals surface area contributed by atoms with Gasteiger partial charge in [-0.05, 0) is 12.5 Å². The molecule has 1 aliphatic carbocycles. The molecule has 1 N–H and O–H groups in total. The Kier molecular flexibility index (Phi) is 1.24. The van der Waals surface area contributed by atoms with Crippen LogP contribution < -0.4 is 5.32 Å². The van der Waals surface area contributed by atoms with E-state index in [0.717, 1.165) is 12.3 Å². The fourth-order valence-corrected chi connectivity index (χ4v) is 0.923. The number of rotatable bonds is 2. The molecule has 0 saturated carbocycles. The lowest BCUT2D eigenvalue weighted by molar-refractivity contribution is 0.571. The van der Waals surface area contributed by atoms with Gasteiger partial charge in [0.15, 0.2) is 5.88 Å². The first kappa shape index (κ1) is 5.59. The molecule has 1 unspecified atom stereocenters. The van der Waals surface area contributed by atoms with E-state index in [0.29, 0.717) is 6.04 Å². The van der Waals surface area contributed by atoms with Gasteiger partial charge in [-0.1, -0.05) is 12.2 Å². The smallest absolute Gasteiger partial charge is 0.193 e. The predicted molar refractivity (Wildman–Crippen MR) is 39.9 cm³/mol. The highest BCUT2D eigenvalue weighted by Gasteiger charge is 2.09. The number of furan rings is 1. The Morgan fingerprint density at radius 2 is 2.50 bits per heavy atom. The molecule has 0 fully saturated rings. The highest BCUT2D eigenvalue weighted by Crippen LogP contribution is 2.15. The first-order valence-corrected chi connectivity index (χ1v) is 3.42. The summed E-state index contributed by atoms with van der Waals surface area (Å²) >= 11 is 0. The highest BCUT2D eigenvalue weighted by atomic mass is 16.3. The molecule has 2 rings (SSSR count). The molecular weight excluding hydrogens is 126 g/mol. The van der Waals surface area contributed by atoms with E-state index in [1.54, 1.807) is 6.26 Å². The lowest BCUT2D eigenvalue weighted by Gasteiger charge is -2.18. The van der Waals surface area contributed by atoms with Crippen LogP contribution in [0.5, 0.6) is 0 Å². The van der Waals surface area contributed by atoms with Gasteiger partial charge in [-0.2, -0.15) is 0 Å². The molecule has 0 radical (unpaired) electrons. The van der Waals surface area contributed by atoms with Crippen LogP contribution in [0.2, 0.25) is 0 Å². The fourth-order valence-electron chi connectivity index (χ4n) is 0.923. The van der Waals surface area contributed by atoms with E-state index >= 15 is 0 Å². The average molecular weight is 135 g/mol. The minimum Gasteiger partial charge on any atom is -0.449 e. The van der Waals surface area contributed by atoms with Gasteiger partial charge in [0.05, 0.1) is 12.3 Å². The number of nitrogens with one attached hydrogen (secondary N) is 1. The molecule has 1 aromatic heterocycles. The molecule has 52 valence electrons. The summed E-state index contributed by atoms with van der Waals surface area (Å²) in [4.78, 5) is 0. The van der Waals surface area contributed by atoms with Crippen molar-refractivity contribution in [3.63, 3.8) is 0 Å².